The number of benzene rings is 1. The van der Waals surface area contributed by atoms with Crippen molar-refractivity contribution in [3.63, 3.8) is 0 Å². The van der Waals surface area contributed by atoms with Crippen LogP contribution in [-0.4, -0.2) is 11.5 Å². The van der Waals surface area contributed by atoms with Gasteiger partial charge in [-0.05, 0) is 56.1 Å². The molecule has 2 rings (SSSR count). The Morgan fingerprint density at radius 1 is 1.25 bits per heavy atom. The molecule has 1 atom stereocenters. The van der Waals surface area contributed by atoms with Crippen molar-refractivity contribution in [1.29, 1.82) is 0 Å². The first kappa shape index (κ1) is 14.6. The molecule has 20 heavy (non-hydrogen) atoms. The van der Waals surface area contributed by atoms with Crippen molar-refractivity contribution in [3.05, 3.63) is 65.0 Å². The molecular weight excluding hydrogens is 258 g/mol. The first-order valence-corrected chi connectivity index (χ1v) is 6.65. The van der Waals surface area contributed by atoms with Gasteiger partial charge in [-0.1, -0.05) is 6.07 Å². The zero-order chi connectivity index (χ0) is 14.5. The zero-order valence-electron chi connectivity index (χ0n) is 11.7. The number of aryl methyl sites for hydroxylation is 1. The second-order valence-electron chi connectivity index (χ2n) is 4.91. The topological polar surface area (TPSA) is 24.9 Å². The van der Waals surface area contributed by atoms with E-state index in [2.05, 4.69) is 10.3 Å². The molecule has 0 bridgehead atoms. The molecule has 1 unspecified atom stereocenters. The molecule has 1 N–H and O–H groups in total. The zero-order valence-corrected chi connectivity index (χ0v) is 11.7. The maximum atomic E-state index is 13.8. The maximum absolute atomic E-state index is 13.8. The quantitative estimate of drug-likeness (QED) is 0.903. The number of nitrogens with zero attached hydrogens (tertiary/aromatic N) is 1. The largest absolute Gasteiger partial charge is 0.310 e. The summed E-state index contributed by atoms with van der Waals surface area (Å²) >= 11 is 0. The number of rotatable bonds is 5. The second kappa shape index (κ2) is 6.57. The van der Waals surface area contributed by atoms with Crippen LogP contribution in [0.1, 0.15) is 29.7 Å². The van der Waals surface area contributed by atoms with Crippen LogP contribution in [0.25, 0.3) is 0 Å². The molecule has 1 heterocycles. The summed E-state index contributed by atoms with van der Waals surface area (Å²) in [6.07, 6.45) is 4.33. The molecular formula is C16H18F2N2. The Morgan fingerprint density at radius 2 is 2.05 bits per heavy atom. The van der Waals surface area contributed by atoms with Gasteiger partial charge in [-0.25, -0.2) is 8.78 Å². The van der Waals surface area contributed by atoms with Gasteiger partial charge in [0.1, 0.15) is 11.6 Å². The molecule has 0 radical (unpaired) electrons. The van der Waals surface area contributed by atoms with E-state index in [1.807, 2.05) is 19.1 Å². The number of halogens is 2. The van der Waals surface area contributed by atoms with Gasteiger partial charge < -0.3 is 5.32 Å². The highest BCUT2D eigenvalue weighted by molar-refractivity contribution is 5.27. The minimum atomic E-state index is -0.373. The third-order valence-electron chi connectivity index (χ3n) is 3.33. The molecule has 1 aromatic carbocycles. The highest BCUT2D eigenvalue weighted by Crippen LogP contribution is 2.20. The van der Waals surface area contributed by atoms with E-state index < -0.39 is 0 Å². The van der Waals surface area contributed by atoms with Gasteiger partial charge in [0.15, 0.2) is 0 Å². The Labute approximate surface area is 117 Å². The molecule has 0 aliphatic heterocycles. The van der Waals surface area contributed by atoms with Crippen LogP contribution in [-0.2, 0) is 6.42 Å². The lowest BCUT2D eigenvalue weighted by atomic mass is 10.0. The fourth-order valence-corrected chi connectivity index (χ4v) is 2.08. The molecule has 0 spiro atoms. The van der Waals surface area contributed by atoms with Gasteiger partial charge in [0, 0.05) is 24.0 Å². The van der Waals surface area contributed by atoms with Crippen molar-refractivity contribution >= 4 is 0 Å². The summed E-state index contributed by atoms with van der Waals surface area (Å²) in [5, 5.41) is 3.20. The summed E-state index contributed by atoms with van der Waals surface area (Å²) in [6, 6.07) is 6.15. The molecule has 2 nitrogen and oxygen atoms in total. The molecule has 1 aromatic heterocycles. The predicted molar refractivity (Wildman–Crippen MR) is 75.5 cm³/mol. The monoisotopic (exact) mass is 276 g/mol. The van der Waals surface area contributed by atoms with Gasteiger partial charge >= 0.3 is 0 Å². The highest BCUT2D eigenvalue weighted by Gasteiger charge is 2.13. The summed E-state index contributed by atoms with van der Waals surface area (Å²) in [7, 11) is 0. The average Bonchev–Trinajstić information content (AvgIpc) is 2.44. The Kier molecular flexibility index (Phi) is 4.79. The van der Waals surface area contributed by atoms with E-state index in [9.17, 15) is 8.78 Å². The van der Waals surface area contributed by atoms with E-state index in [0.29, 0.717) is 17.7 Å². The van der Waals surface area contributed by atoms with Crippen LogP contribution in [0.15, 0.2) is 36.7 Å². The molecule has 0 saturated heterocycles. The van der Waals surface area contributed by atoms with Gasteiger partial charge in [0.05, 0.1) is 0 Å². The highest BCUT2D eigenvalue weighted by atomic mass is 19.1. The summed E-state index contributed by atoms with van der Waals surface area (Å²) in [5.41, 5.74) is 1.80. The van der Waals surface area contributed by atoms with Gasteiger partial charge in [0.25, 0.3) is 0 Å². The van der Waals surface area contributed by atoms with Crippen molar-refractivity contribution in [2.75, 3.05) is 6.54 Å². The average molecular weight is 276 g/mol. The van der Waals surface area contributed by atoms with Crippen molar-refractivity contribution in [3.8, 4) is 0 Å². The number of pyridine rings is 1. The van der Waals surface area contributed by atoms with Crippen LogP contribution in [0.3, 0.4) is 0 Å². The van der Waals surface area contributed by atoms with Crippen molar-refractivity contribution in [1.82, 2.24) is 10.3 Å². The Hall–Kier alpha value is -1.81. The van der Waals surface area contributed by atoms with Crippen LogP contribution < -0.4 is 5.32 Å². The smallest absolute Gasteiger partial charge is 0.128 e. The van der Waals surface area contributed by atoms with Crippen LogP contribution in [0, 0.1) is 18.6 Å². The van der Waals surface area contributed by atoms with Crippen molar-refractivity contribution in [2.24, 2.45) is 0 Å². The van der Waals surface area contributed by atoms with Gasteiger partial charge in [-0.15, -0.1) is 0 Å². The lowest BCUT2D eigenvalue weighted by molar-refractivity contribution is 0.518. The van der Waals surface area contributed by atoms with Crippen molar-refractivity contribution < 1.29 is 8.78 Å². The predicted octanol–water partition coefficient (Wildman–Crippen LogP) is 3.56. The fraction of sp³-hybridized carbons (Fsp3) is 0.312. The van der Waals surface area contributed by atoms with E-state index >= 15 is 0 Å². The summed E-state index contributed by atoms with van der Waals surface area (Å²) in [6.45, 7) is 4.07. The van der Waals surface area contributed by atoms with Crippen LogP contribution in [0.2, 0.25) is 0 Å². The van der Waals surface area contributed by atoms with E-state index in [1.165, 1.54) is 12.1 Å². The number of hydrogen-bond acceptors (Lipinski definition) is 2. The minimum absolute atomic E-state index is 0.234. The van der Waals surface area contributed by atoms with E-state index in [1.54, 1.807) is 19.3 Å². The number of hydrogen-bond donors (Lipinski definition) is 1. The second-order valence-corrected chi connectivity index (χ2v) is 4.91. The molecule has 0 saturated carbocycles. The minimum Gasteiger partial charge on any atom is -0.310 e. The lowest BCUT2D eigenvalue weighted by Crippen LogP contribution is -2.22. The lowest BCUT2D eigenvalue weighted by Gasteiger charge is -2.16. The normalized spacial score (nSPS) is 12.4. The first-order valence-electron chi connectivity index (χ1n) is 6.65. The van der Waals surface area contributed by atoms with Crippen LogP contribution in [0.4, 0.5) is 8.78 Å². The standard InChI is InChI=1S/C16H18F2N2/c1-11-8-16(18)14(9-15(11)17)12(2)20-7-5-13-4-3-6-19-10-13/h3-4,6,8-10,12,20H,5,7H2,1-2H3. The third kappa shape index (κ3) is 3.61. The van der Waals surface area contributed by atoms with E-state index in [0.717, 1.165) is 12.0 Å². The molecule has 106 valence electrons. The van der Waals surface area contributed by atoms with Crippen LogP contribution in [0.5, 0.6) is 0 Å². The molecule has 0 aliphatic rings. The SMILES string of the molecule is Cc1cc(F)c(C(C)NCCc2cccnc2)cc1F. The van der Waals surface area contributed by atoms with Crippen LogP contribution >= 0.6 is 0 Å². The fourth-order valence-electron chi connectivity index (χ4n) is 2.08. The molecule has 0 fully saturated rings. The Bertz CT molecular complexity index is 570. The van der Waals surface area contributed by atoms with E-state index in [-0.39, 0.29) is 17.7 Å². The van der Waals surface area contributed by atoms with Crippen molar-refractivity contribution in [2.45, 2.75) is 26.3 Å². The van der Waals surface area contributed by atoms with E-state index in [4.69, 9.17) is 0 Å². The Balaban J connectivity index is 1.95. The van der Waals surface area contributed by atoms with Gasteiger partial charge in [-0.3, -0.25) is 4.98 Å². The Morgan fingerprint density at radius 3 is 2.75 bits per heavy atom. The molecule has 0 amide bonds. The number of nitrogens with one attached hydrogen (secondary N) is 1. The van der Waals surface area contributed by atoms with Gasteiger partial charge in [-0.2, -0.15) is 0 Å². The third-order valence-corrected chi connectivity index (χ3v) is 3.33. The first-order chi connectivity index (χ1) is 9.58. The summed E-state index contributed by atoms with van der Waals surface area (Å²) < 4.78 is 27.3. The van der Waals surface area contributed by atoms with Gasteiger partial charge in [0.2, 0.25) is 0 Å². The number of aromatic nitrogens is 1. The molecule has 2 aromatic rings. The summed E-state index contributed by atoms with van der Waals surface area (Å²) in [4.78, 5) is 4.04. The summed E-state index contributed by atoms with van der Waals surface area (Å²) in [5.74, 6) is -0.743. The maximum Gasteiger partial charge on any atom is 0.128 e. The molecule has 0 aliphatic carbocycles. The molecule has 4 heteroatoms.